The lowest BCUT2D eigenvalue weighted by Gasteiger charge is -2.12. The van der Waals surface area contributed by atoms with Crippen molar-refractivity contribution in [2.45, 2.75) is 26.0 Å². The number of benzene rings is 2. The second-order valence-corrected chi connectivity index (χ2v) is 7.91. The zero-order valence-electron chi connectivity index (χ0n) is 19.7. The van der Waals surface area contributed by atoms with Gasteiger partial charge >= 0.3 is 5.97 Å². The van der Waals surface area contributed by atoms with Crippen LogP contribution < -0.4 is 15.2 Å². The number of fused-ring (bicyclic) bond motifs is 2. The van der Waals surface area contributed by atoms with Gasteiger partial charge in [0.15, 0.2) is 17.1 Å². The Kier molecular flexibility index (Phi) is 6.83. The maximum Gasteiger partial charge on any atom is 0.344 e. The van der Waals surface area contributed by atoms with E-state index in [-0.39, 0.29) is 18.0 Å². The Morgan fingerprint density at radius 2 is 1.74 bits per heavy atom. The topological polar surface area (TPSA) is 111 Å². The van der Waals surface area contributed by atoms with Gasteiger partial charge in [-0.1, -0.05) is 18.2 Å². The minimum Gasteiger partial charge on any atom is -0.493 e. The normalized spacial score (nSPS) is 12.1. The van der Waals surface area contributed by atoms with E-state index in [1.807, 2.05) is 47.0 Å². The molecular formula is C25H28N4O5. The SMILES string of the molecule is COCC(C)OC(=O)c1c(N)n(CCc2ccc(OC)c(OC)c2)c2nc3ccccc3nc12. The third-order valence-electron chi connectivity index (χ3n) is 5.58. The third kappa shape index (κ3) is 4.47. The number of carbonyl (C=O) groups is 1. The number of nitrogens with zero attached hydrogens (tertiary/aromatic N) is 3. The van der Waals surface area contributed by atoms with Gasteiger partial charge in [-0.05, 0) is 43.2 Å². The number of hydrogen-bond acceptors (Lipinski definition) is 8. The molecule has 2 aromatic heterocycles. The van der Waals surface area contributed by atoms with E-state index in [2.05, 4.69) is 0 Å². The molecule has 1 atom stereocenters. The van der Waals surface area contributed by atoms with Gasteiger partial charge in [0.25, 0.3) is 0 Å². The maximum absolute atomic E-state index is 13.1. The summed E-state index contributed by atoms with van der Waals surface area (Å²) in [6.45, 7) is 2.51. The number of hydrogen-bond donors (Lipinski definition) is 1. The largest absolute Gasteiger partial charge is 0.493 e. The Hall–Kier alpha value is -3.85. The van der Waals surface area contributed by atoms with Crippen molar-refractivity contribution in [2.24, 2.45) is 0 Å². The van der Waals surface area contributed by atoms with Crippen LogP contribution in [0.25, 0.3) is 22.2 Å². The zero-order chi connectivity index (χ0) is 24.2. The highest BCUT2D eigenvalue weighted by Gasteiger charge is 2.26. The molecule has 9 heteroatoms. The summed E-state index contributed by atoms with van der Waals surface area (Å²) in [5.74, 6) is 1.01. The molecule has 0 radical (unpaired) electrons. The van der Waals surface area contributed by atoms with E-state index in [0.29, 0.717) is 46.7 Å². The Balaban J connectivity index is 1.75. The molecule has 0 spiro atoms. The number of para-hydroxylation sites is 2. The standard InChI is InChI=1S/C25H28N4O5/c1-15(14-31-2)34-25(30)21-22-24(28-18-8-6-5-7-17(18)27-22)29(23(21)26)12-11-16-9-10-19(32-3)20(13-16)33-4/h5-10,13,15H,11-12,14,26H2,1-4H3. The number of anilines is 1. The van der Waals surface area contributed by atoms with Crippen molar-refractivity contribution in [2.75, 3.05) is 33.7 Å². The Labute approximate surface area is 197 Å². The lowest BCUT2D eigenvalue weighted by atomic mass is 10.1. The molecule has 9 nitrogen and oxygen atoms in total. The third-order valence-corrected chi connectivity index (χ3v) is 5.58. The summed E-state index contributed by atoms with van der Waals surface area (Å²) >= 11 is 0. The van der Waals surface area contributed by atoms with Crippen LogP contribution in [0.4, 0.5) is 5.82 Å². The molecule has 2 N–H and O–H groups in total. The molecular weight excluding hydrogens is 436 g/mol. The number of methoxy groups -OCH3 is 3. The first kappa shape index (κ1) is 23.3. The summed E-state index contributed by atoms with van der Waals surface area (Å²) in [5.41, 5.74) is 10.1. The predicted octanol–water partition coefficient (Wildman–Crippen LogP) is 3.62. The van der Waals surface area contributed by atoms with E-state index in [4.69, 9.17) is 34.6 Å². The Morgan fingerprint density at radius 3 is 2.41 bits per heavy atom. The minimum atomic E-state index is -0.554. The van der Waals surface area contributed by atoms with E-state index in [9.17, 15) is 4.79 Å². The highest BCUT2D eigenvalue weighted by molar-refractivity contribution is 6.08. The average Bonchev–Trinajstić information content (AvgIpc) is 3.11. The first-order valence-corrected chi connectivity index (χ1v) is 10.9. The van der Waals surface area contributed by atoms with Crippen molar-refractivity contribution < 1.29 is 23.7 Å². The summed E-state index contributed by atoms with van der Waals surface area (Å²) in [6, 6.07) is 13.2. The number of nitrogen functional groups attached to an aromatic ring is 1. The highest BCUT2D eigenvalue weighted by atomic mass is 16.6. The van der Waals surface area contributed by atoms with Gasteiger partial charge in [-0.25, -0.2) is 14.8 Å². The van der Waals surface area contributed by atoms with Crippen LogP contribution in [0.15, 0.2) is 42.5 Å². The number of ether oxygens (including phenoxy) is 4. The van der Waals surface area contributed by atoms with E-state index >= 15 is 0 Å². The number of carbonyl (C=O) groups excluding carboxylic acids is 1. The first-order valence-electron chi connectivity index (χ1n) is 10.9. The fraction of sp³-hybridized carbons (Fsp3) is 0.320. The van der Waals surface area contributed by atoms with Crippen molar-refractivity contribution in [3.8, 4) is 11.5 Å². The van der Waals surface area contributed by atoms with Crippen LogP contribution in [0, 0.1) is 0 Å². The molecule has 0 fully saturated rings. The fourth-order valence-electron chi connectivity index (χ4n) is 3.93. The van der Waals surface area contributed by atoms with Gasteiger partial charge in [0.05, 0.1) is 31.9 Å². The molecule has 0 saturated carbocycles. The Bertz CT molecular complexity index is 1330. The monoisotopic (exact) mass is 464 g/mol. The molecule has 0 aliphatic rings. The molecule has 2 heterocycles. The predicted molar refractivity (Wildman–Crippen MR) is 129 cm³/mol. The van der Waals surface area contributed by atoms with Crippen LogP contribution in [0.3, 0.4) is 0 Å². The molecule has 0 amide bonds. The second kappa shape index (κ2) is 9.96. The molecule has 178 valence electrons. The fourth-order valence-corrected chi connectivity index (χ4v) is 3.93. The zero-order valence-corrected chi connectivity index (χ0v) is 19.7. The number of rotatable bonds is 9. The van der Waals surface area contributed by atoms with Crippen LogP contribution in [0.2, 0.25) is 0 Å². The molecule has 0 bridgehead atoms. The number of aromatic nitrogens is 3. The summed E-state index contributed by atoms with van der Waals surface area (Å²) in [6.07, 6.45) is 0.188. The van der Waals surface area contributed by atoms with Crippen molar-refractivity contribution in [3.05, 3.63) is 53.6 Å². The van der Waals surface area contributed by atoms with Crippen LogP contribution >= 0.6 is 0 Å². The minimum absolute atomic E-state index is 0.212. The van der Waals surface area contributed by atoms with E-state index in [0.717, 1.165) is 5.56 Å². The van der Waals surface area contributed by atoms with E-state index in [1.54, 1.807) is 28.3 Å². The van der Waals surface area contributed by atoms with Crippen molar-refractivity contribution in [1.29, 1.82) is 0 Å². The van der Waals surface area contributed by atoms with Gasteiger partial charge in [-0.15, -0.1) is 0 Å². The molecule has 0 saturated heterocycles. The lowest BCUT2D eigenvalue weighted by Crippen LogP contribution is -2.20. The van der Waals surface area contributed by atoms with Gasteiger partial charge in [0, 0.05) is 13.7 Å². The molecule has 4 rings (SSSR count). The van der Waals surface area contributed by atoms with Crippen LogP contribution in [0.5, 0.6) is 11.5 Å². The smallest absolute Gasteiger partial charge is 0.344 e. The molecule has 2 aromatic carbocycles. The van der Waals surface area contributed by atoms with Crippen LogP contribution in [-0.2, 0) is 22.4 Å². The van der Waals surface area contributed by atoms with Gasteiger partial charge in [0.1, 0.15) is 23.0 Å². The van der Waals surface area contributed by atoms with Gasteiger partial charge < -0.3 is 29.2 Å². The average molecular weight is 465 g/mol. The van der Waals surface area contributed by atoms with E-state index < -0.39 is 12.1 Å². The van der Waals surface area contributed by atoms with E-state index in [1.165, 1.54) is 0 Å². The summed E-state index contributed by atoms with van der Waals surface area (Å²) in [7, 11) is 4.75. The molecule has 1 unspecified atom stereocenters. The van der Waals surface area contributed by atoms with Crippen molar-refractivity contribution in [1.82, 2.24) is 14.5 Å². The number of aryl methyl sites for hydroxylation is 2. The lowest BCUT2D eigenvalue weighted by molar-refractivity contribution is 0.0123. The van der Waals surface area contributed by atoms with Gasteiger partial charge in [0.2, 0.25) is 0 Å². The van der Waals surface area contributed by atoms with Crippen LogP contribution in [0.1, 0.15) is 22.8 Å². The second-order valence-electron chi connectivity index (χ2n) is 7.91. The quantitative estimate of drug-likeness (QED) is 0.374. The molecule has 34 heavy (non-hydrogen) atoms. The molecule has 0 aliphatic heterocycles. The summed E-state index contributed by atoms with van der Waals surface area (Å²) in [4.78, 5) is 22.6. The first-order chi connectivity index (χ1) is 16.5. The van der Waals surface area contributed by atoms with Gasteiger partial charge in [-0.3, -0.25) is 0 Å². The maximum atomic E-state index is 13.1. The van der Waals surface area contributed by atoms with Gasteiger partial charge in [-0.2, -0.15) is 0 Å². The molecule has 0 aliphatic carbocycles. The number of nitrogens with two attached hydrogens (primary N) is 1. The highest BCUT2D eigenvalue weighted by Crippen LogP contribution is 2.31. The Morgan fingerprint density at radius 1 is 1.03 bits per heavy atom. The summed E-state index contributed by atoms with van der Waals surface area (Å²) in [5, 5.41) is 0. The molecule has 4 aromatic rings. The number of esters is 1. The van der Waals surface area contributed by atoms with Crippen molar-refractivity contribution >= 4 is 34.0 Å². The van der Waals surface area contributed by atoms with Crippen molar-refractivity contribution in [3.63, 3.8) is 0 Å². The summed E-state index contributed by atoms with van der Waals surface area (Å²) < 4.78 is 23.2. The van der Waals surface area contributed by atoms with Crippen LogP contribution in [-0.4, -0.2) is 54.5 Å².